The zero-order chi connectivity index (χ0) is 20.3. The van der Waals surface area contributed by atoms with Crippen LogP contribution in [0.2, 0.25) is 5.02 Å². The number of aryl methyl sites for hydroxylation is 1. The van der Waals surface area contributed by atoms with Gasteiger partial charge in [-0.3, -0.25) is 4.79 Å². The number of hydrogen-bond donors (Lipinski definition) is 1. The minimum absolute atomic E-state index is 0.0606. The number of H-pyrrole nitrogens is 1. The SMILES string of the molecule is Cc1[nH]c2cc(Cl)ccc2c1C(=O)N1CCC2(CC1)OC(=O)c1cc(F)ccc12. The van der Waals surface area contributed by atoms with Crippen LogP contribution < -0.4 is 0 Å². The number of carbonyl (C=O) groups is 2. The summed E-state index contributed by atoms with van der Waals surface area (Å²) in [7, 11) is 0. The number of hydrogen-bond acceptors (Lipinski definition) is 3. The lowest BCUT2D eigenvalue weighted by molar-refractivity contribution is -0.0389. The van der Waals surface area contributed by atoms with Gasteiger partial charge in [-0.25, -0.2) is 9.18 Å². The molecule has 1 amide bonds. The molecular weight excluding hydrogens is 395 g/mol. The van der Waals surface area contributed by atoms with Crippen LogP contribution in [-0.2, 0) is 10.3 Å². The van der Waals surface area contributed by atoms with Gasteiger partial charge < -0.3 is 14.6 Å². The van der Waals surface area contributed by atoms with Crippen LogP contribution in [0.3, 0.4) is 0 Å². The van der Waals surface area contributed by atoms with Crippen molar-refractivity contribution in [3.8, 4) is 0 Å². The molecule has 2 aliphatic heterocycles. The monoisotopic (exact) mass is 412 g/mol. The van der Waals surface area contributed by atoms with Crippen LogP contribution >= 0.6 is 11.6 Å². The predicted octanol–water partition coefficient (Wildman–Crippen LogP) is 4.57. The number of amides is 1. The summed E-state index contributed by atoms with van der Waals surface area (Å²) in [5.74, 6) is -1.02. The Morgan fingerprint density at radius 2 is 1.97 bits per heavy atom. The Morgan fingerprint density at radius 3 is 2.72 bits per heavy atom. The van der Waals surface area contributed by atoms with E-state index < -0.39 is 17.4 Å². The molecule has 2 aliphatic rings. The summed E-state index contributed by atoms with van der Waals surface area (Å²) in [4.78, 5) is 30.5. The number of carbonyl (C=O) groups excluding carboxylic acids is 2. The number of benzene rings is 2. The Bertz CT molecular complexity index is 1180. The molecule has 29 heavy (non-hydrogen) atoms. The van der Waals surface area contributed by atoms with Crippen LogP contribution in [0.1, 0.15) is 44.8 Å². The summed E-state index contributed by atoms with van der Waals surface area (Å²) in [5.41, 5.74) is 2.48. The molecule has 0 aliphatic carbocycles. The molecule has 0 radical (unpaired) electrons. The van der Waals surface area contributed by atoms with Gasteiger partial charge in [-0.15, -0.1) is 0 Å². The van der Waals surface area contributed by atoms with Crippen molar-refractivity contribution >= 4 is 34.4 Å². The summed E-state index contributed by atoms with van der Waals surface area (Å²) in [6.45, 7) is 2.77. The number of rotatable bonds is 1. The van der Waals surface area contributed by atoms with Crippen LogP contribution in [0.5, 0.6) is 0 Å². The highest BCUT2D eigenvalue weighted by Crippen LogP contribution is 2.44. The number of likely N-dealkylation sites (tertiary alicyclic amines) is 1. The lowest BCUT2D eigenvalue weighted by atomic mass is 9.83. The zero-order valence-electron chi connectivity index (χ0n) is 15.7. The summed E-state index contributed by atoms with van der Waals surface area (Å²) in [6.07, 6.45) is 0.965. The highest BCUT2D eigenvalue weighted by molar-refractivity contribution is 6.31. The van der Waals surface area contributed by atoms with Gasteiger partial charge in [0.1, 0.15) is 11.4 Å². The van der Waals surface area contributed by atoms with Crippen LogP contribution in [0.25, 0.3) is 10.9 Å². The van der Waals surface area contributed by atoms with E-state index in [9.17, 15) is 14.0 Å². The van der Waals surface area contributed by atoms with Gasteiger partial charge in [0.05, 0.1) is 11.1 Å². The van der Waals surface area contributed by atoms with E-state index in [-0.39, 0.29) is 11.5 Å². The van der Waals surface area contributed by atoms with Gasteiger partial charge in [0.15, 0.2) is 0 Å². The summed E-state index contributed by atoms with van der Waals surface area (Å²) < 4.78 is 19.2. The number of esters is 1. The second-order valence-corrected chi connectivity index (χ2v) is 8.12. The number of nitrogens with zero attached hydrogens (tertiary/aromatic N) is 1. The molecule has 0 atom stereocenters. The number of halogens is 2. The van der Waals surface area contributed by atoms with Gasteiger partial charge in [-0.2, -0.15) is 0 Å². The van der Waals surface area contributed by atoms with E-state index in [1.54, 1.807) is 23.1 Å². The molecule has 0 bridgehead atoms. The van der Waals surface area contributed by atoms with Crippen molar-refractivity contribution in [1.82, 2.24) is 9.88 Å². The van der Waals surface area contributed by atoms with Crippen LogP contribution in [0, 0.1) is 12.7 Å². The Balaban J connectivity index is 1.42. The highest BCUT2D eigenvalue weighted by atomic mass is 35.5. The first-order chi connectivity index (χ1) is 13.9. The number of aromatic amines is 1. The second-order valence-electron chi connectivity index (χ2n) is 7.68. The van der Waals surface area contributed by atoms with Crippen molar-refractivity contribution in [3.63, 3.8) is 0 Å². The van der Waals surface area contributed by atoms with E-state index in [0.717, 1.165) is 16.6 Å². The highest BCUT2D eigenvalue weighted by Gasteiger charge is 2.48. The third kappa shape index (κ3) is 2.74. The van der Waals surface area contributed by atoms with Crippen molar-refractivity contribution in [3.05, 3.63) is 69.6 Å². The molecule has 3 heterocycles. The first-order valence-corrected chi connectivity index (χ1v) is 9.86. The standard InChI is InChI=1S/C22H18ClFN2O3/c1-12-19(15-4-2-13(23)10-18(15)25-12)20(27)26-8-6-22(7-9-26)17-5-3-14(24)11-16(17)21(28)29-22/h2-5,10-11,25H,6-9H2,1H3. The van der Waals surface area contributed by atoms with Crippen molar-refractivity contribution < 1.29 is 18.7 Å². The van der Waals surface area contributed by atoms with E-state index in [1.807, 2.05) is 13.0 Å². The van der Waals surface area contributed by atoms with Crippen LogP contribution in [0.4, 0.5) is 4.39 Å². The fraction of sp³-hybridized carbons (Fsp3) is 0.273. The fourth-order valence-corrected chi connectivity index (χ4v) is 4.72. The fourth-order valence-electron chi connectivity index (χ4n) is 4.55. The van der Waals surface area contributed by atoms with Crippen molar-refractivity contribution in [2.24, 2.45) is 0 Å². The van der Waals surface area contributed by atoms with Crippen molar-refractivity contribution in [1.29, 1.82) is 0 Å². The smallest absolute Gasteiger partial charge is 0.339 e. The van der Waals surface area contributed by atoms with Crippen molar-refractivity contribution in [2.45, 2.75) is 25.4 Å². The molecule has 5 nitrogen and oxygen atoms in total. The minimum atomic E-state index is -0.778. The number of ether oxygens (including phenoxy) is 1. The van der Waals surface area contributed by atoms with Gasteiger partial charge in [0.2, 0.25) is 0 Å². The molecule has 1 fully saturated rings. The van der Waals surface area contributed by atoms with Gasteiger partial charge in [0.25, 0.3) is 5.91 Å². The zero-order valence-corrected chi connectivity index (χ0v) is 16.5. The number of fused-ring (bicyclic) bond motifs is 3. The molecule has 148 valence electrons. The number of nitrogens with one attached hydrogen (secondary N) is 1. The Morgan fingerprint density at radius 1 is 1.21 bits per heavy atom. The van der Waals surface area contributed by atoms with E-state index in [1.165, 1.54) is 12.1 Å². The van der Waals surface area contributed by atoms with Crippen LogP contribution in [0.15, 0.2) is 36.4 Å². The van der Waals surface area contributed by atoms with Crippen LogP contribution in [-0.4, -0.2) is 34.8 Å². The number of piperidine rings is 1. The van der Waals surface area contributed by atoms with E-state index in [0.29, 0.717) is 42.1 Å². The molecule has 0 saturated carbocycles. The topological polar surface area (TPSA) is 62.4 Å². The Hall–Kier alpha value is -2.86. The Kier molecular flexibility index (Phi) is 3.96. The van der Waals surface area contributed by atoms with E-state index in [2.05, 4.69) is 4.98 Å². The lowest BCUT2D eigenvalue weighted by Gasteiger charge is -2.38. The normalized spacial score (nSPS) is 17.6. The molecule has 2 aromatic carbocycles. The van der Waals surface area contributed by atoms with E-state index >= 15 is 0 Å². The van der Waals surface area contributed by atoms with Gasteiger partial charge in [0, 0.05) is 53.1 Å². The maximum Gasteiger partial charge on any atom is 0.339 e. The molecular formula is C22H18ClFN2O3. The average molecular weight is 413 g/mol. The largest absolute Gasteiger partial charge is 0.450 e. The molecule has 1 aromatic heterocycles. The molecule has 1 saturated heterocycles. The maximum absolute atomic E-state index is 13.5. The van der Waals surface area contributed by atoms with Gasteiger partial charge in [-0.1, -0.05) is 23.7 Å². The summed E-state index contributed by atoms with van der Waals surface area (Å²) in [6, 6.07) is 9.63. The quantitative estimate of drug-likeness (QED) is 0.595. The molecule has 5 rings (SSSR count). The molecule has 7 heteroatoms. The first-order valence-electron chi connectivity index (χ1n) is 9.48. The van der Waals surface area contributed by atoms with E-state index in [4.69, 9.17) is 16.3 Å². The third-order valence-corrected chi connectivity index (χ3v) is 6.24. The molecule has 3 aromatic rings. The summed E-state index contributed by atoms with van der Waals surface area (Å²) >= 11 is 6.06. The summed E-state index contributed by atoms with van der Waals surface area (Å²) in [5, 5.41) is 1.45. The van der Waals surface area contributed by atoms with Gasteiger partial charge >= 0.3 is 5.97 Å². The number of aromatic nitrogens is 1. The first kappa shape index (κ1) is 18.2. The average Bonchev–Trinajstić information content (AvgIpc) is 3.15. The van der Waals surface area contributed by atoms with Gasteiger partial charge in [-0.05, 0) is 31.2 Å². The minimum Gasteiger partial charge on any atom is -0.450 e. The second kappa shape index (κ2) is 6.32. The lowest BCUT2D eigenvalue weighted by Crippen LogP contribution is -2.45. The maximum atomic E-state index is 13.5. The molecule has 0 unspecified atom stereocenters. The predicted molar refractivity (Wildman–Crippen MR) is 107 cm³/mol. The molecule has 1 N–H and O–H groups in total. The molecule has 1 spiro atoms. The third-order valence-electron chi connectivity index (χ3n) is 6.00. The Labute approximate surface area is 171 Å². The van der Waals surface area contributed by atoms with Crippen molar-refractivity contribution in [2.75, 3.05) is 13.1 Å².